The number of fused-ring (bicyclic) bond motifs is 4. The molecular weight excluding hydrogens is 711 g/mol. The molecule has 2 heterocycles. The zero-order valence-corrected chi connectivity index (χ0v) is 36.6. The standard InChI is InChI=1S/C56H57BN2/c1-53(2,3)38-24-30-44(31-25-38)58-48-34-28-42(55(7,8)40-18-13-11-14-19-40)36-46(48)57-47-37-43(56(9,10)41-20-15-12-16-21-41)29-35-49(47)59(51-23-17-22-50(58)52(51)57)45-32-26-39(27-33-45)54(4,5)6/h11-37H,1-10H3. The number of nitrogens with zero attached hydrogens (tertiary/aromatic N) is 2. The molecule has 0 radical (unpaired) electrons. The van der Waals surface area contributed by atoms with Crippen molar-refractivity contribution in [1.29, 1.82) is 0 Å². The molecule has 0 spiro atoms. The minimum absolute atomic E-state index is 0.0134. The maximum Gasteiger partial charge on any atom is 0.252 e. The summed E-state index contributed by atoms with van der Waals surface area (Å²) in [4.78, 5) is 5.06. The van der Waals surface area contributed by atoms with Crippen LogP contribution in [0.2, 0.25) is 0 Å². The minimum atomic E-state index is -0.204. The Labute approximate surface area is 353 Å². The van der Waals surface area contributed by atoms with E-state index < -0.39 is 0 Å². The number of anilines is 6. The van der Waals surface area contributed by atoms with E-state index in [1.54, 1.807) is 0 Å². The Kier molecular flexibility index (Phi) is 9.12. The van der Waals surface area contributed by atoms with Crippen LogP contribution in [0.15, 0.2) is 164 Å². The summed E-state index contributed by atoms with van der Waals surface area (Å²) in [5.74, 6) is 0. The molecule has 3 heteroatoms. The van der Waals surface area contributed by atoms with E-state index in [-0.39, 0.29) is 28.4 Å². The Morgan fingerprint density at radius 1 is 0.322 bits per heavy atom. The molecule has 0 fully saturated rings. The Hall–Kier alpha value is -5.80. The summed E-state index contributed by atoms with van der Waals surface area (Å²) >= 11 is 0. The van der Waals surface area contributed by atoms with Crippen LogP contribution in [0, 0.1) is 0 Å². The average Bonchev–Trinajstić information content (AvgIpc) is 3.23. The van der Waals surface area contributed by atoms with Gasteiger partial charge in [0.25, 0.3) is 6.71 Å². The van der Waals surface area contributed by atoms with Crippen LogP contribution in [0.1, 0.15) is 103 Å². The topological polar surface area (TPSA) is 6.48 Å². The molecule has 9 rings (SSSR count). The van der Waals surface area contributed by atoms with Gasteiger partial charge in [0.1, 0.15) is 0 Å². The van der Waals surface area contributed by atoms with Crippen molar-refractivity contribution in [3.05, 3.63) is 197 Å². The lowest BCUT2D eigenvalue weighted by molar-refractivity contribution is 0.590. The highest BCUT2D eigenvalue weighted by atomic mass is 15.2. The van der Waals surface area contributed by atoms with Crippen molar-refractivity contribution in [2.75, 3.05) is 9.80 Å². The largest absolute Gasteiger partial charge is 0.311 e. The van der Waals surface area contributed by atoms with Crippen molar-refractivity contribution in [2.24, 2.45) is 0 Å². The number of benzene rings is 7. The summed E-state index contributed by atoms with van der Waals surface area (Å²) in [6.07, 6.45) is 0. The van der Waals surface area contributed by atoms with Gasteiger partial charge >= 0.3 is 0 Å². The highest BCUT2D eigenvalue weighted by molar-refractivity contribution is 7.00. The van der Waals surface area contributed by atoms with Crippen molar-refractivity contribution in [2.45, 2.75) is 90.9 Å². The second-order valence-electron chi connectivity index (χ2n) is 19.9. The molecule has 0 saturated heterocycles. The van der Waals surface area contributed by atoms with Gasteiger partial charge in [-0.2, -0.15) is 0 Å². The maximum atomic E-state index is 2.54. The fraction of sp³-hybridized carbons (Fsp3) is 0.250. The second kappa shape index (κ2) is 13.9. The Morgan fingerprint density at radius 2 is 0.678 bits per heavy atom. The van der Waals surface area contributed by atoms with Crippen LogP contribution in [0.5, 0.6) is 0 Å². The molecular formula is C56H57BN2. The molecule has 0 amide bonds. The van der Waals surface area contributed by atoms with Crippen molar-refractivity contribution in [1.82, 2.24) is 0 Å². The molecule has 0 atom stereocenters. The highest BCUT2D eigenvalue weighted by Gasteiger charge is 2.44. The molecule has 2 nitrogen and oxygen atoms in total. The lowest BCUT2D eigenvalue weighted by Gasteiger charge is -2.45. The van der Waals surface area contributed by atoms with Gasteiger partial charge in [0, 0.05) is 45.0 Å². The molecule has 0 aromatic heterocycles. The van der Waals surface area contributed by atoms with Crippen LogP contribution < -0.4 is 26.2 Å². The quantitative estimate of drug-likeness (QED) is 0.155. The summed E-state index contributed by atoms with van der Waals surface area (Å²) in [5, 5.41) is 0. The van der Waals surface area contributed by atoms with E-state index in [1.807, 2.05) is 0 Å². The third kappa shape index (κ3) is 6.51. The monoisotopic (exact) mass is 768 g/mol. The first kappa shape index (κ1) is 38.7. The zero-order chi connectivity index (χ0) is 41.5. The van der Waals surface area contributed by atoms with Gasteiger partial charge in [-0.3, -0.25) is 0 Å². The van der Waals surface area contributed by atoms with Gasteiger partial charge in [-0.25, -0.2) is 0 Å². The molecule has 2 aliphatic rings. The van der Waals surface area contributed by atoms with Crippen LogP contribution in [-0.2, 0) is 21.7 Å². The number of hydrogen-bond donors (Lipinski definition) is 0. The maximum absolute atomic E-state index is 2.54. The lowest BCUT2D eigenvalue weighted by Crippen LogP contribution is -2.61. The summed E-state index contributed by atoms with van der Waals surface area (Å²) in [7, 11) is 0. The molecule has 0 aliphatic carbocycles. The van der Waals surface area contributed by atoms with E-state index in [0.29, 0.717) is 0 Å². The fourth-order valence-corrected chi connectivity index (χ4v) is 9.54. The SMILES string of the molecule is CC(C)(C)c1ccc(N2c3ccc(C(C)(C)c4ccccc4)cc3B3c4cc(C(C)(C)c5ccccc5)ccc4N(c4ccc(C(C)(C)C)cc4)c4cccc2c43)cc1. The molecule has 2 aliphatic heterocycles. The molecule has 7 aromatic rings. The van der Waals surface area contributed by atoms with Crippen LogP contribution in [-0.4, -0.2) is 6.71 Å². The number of rotatable bonds is 6. The Balaban J connectivity index is 1.33. The van der Waals surface area contributed by atoms with Gasteiger partial charge in [0.2, 0.25) is 0 Å². The summed E-state index contributed by atoms with van der Waals surface area (Å²) in [6, 6.07) is 62.1. The fourth-order valence-electron chi connectivity index (χ4n) is 9.54. The van der Waals surface area contributed by atoms with Crippen LogP contribution in [0.25, 0.3) is 0 Å². The van der Waals surface area contributed by atoms with Gasteiger partial charge in [-0.1, -0.05) is 184 Å². The smallest absolute Gasteiger partial charge is 0.252 e. The minimum Gasteiger partial charge on any atom is -0.311 e. The highest BCUT2D eigenvalue weighted by Crippen LogP contribution is 2.46. The van der Waals surface area contributed by atoms with E-state index in [1.165, 1.54) is 83.9 Å². The molecule has 7 aromatic carbocycles. The van der Waals surface area contributed by atoms with Gasteiger partial charge in [0.15, 0.2) is 0 Å². The summed E-state index contributed by atoms with van der Waals surface area (Å²) in [6.45, 7) is 23.2. The first-order chi connectivity index (χ1) is 28.0. The van der Waals surface area contributed by atoms with Crippen molar-refractivity contribution in [3.8, 4) is 0 Å². The molecule has 0 unspecified atom stereocenters. The molecule has 0 N–H and O–H groups in total. The normalized spacial score (nSPS) is 13.8. The molecule has 0 bridgehead atoms. The van der Waals surface area contributed by atoms with Crippen molar-refractivity contribution >= 4 is 57.2 Å². The Morgan fingerprint density at radius 3 is 1.03 bits per heavy atom. The molecule has 294 valence electrons. The molecule has 59 heavy (non-hydrogen) atoms. The van der Waals surface area contributed by atoms with E-state index in [0.717, 1.165) is 0 Å². The summed E-state index contributed by atoms with van der Waals surface area (Å²) in [5.41, 5.74) is 18.9. The van der Waals surface area contributed by atoms with Gasteiger partial charge < -0.3 is 9.80 Å². The van der Waals surface area contributed by atoms with E-state index >= 15 is 0 Å². The van der Waals surface area contributed by atoms with Crippen molar-refractivity contribution in [3.63, 3.8) is 0 Å². The third-order valence-electron chi connectivity index (χ3n) is 13.4. The van der Waals surface area contributed by atoms with Gasteiger partial charge in [-0.05, 0) is 109 Å². The second-order valence-corrected chi connectivity index (χ2v) is 19.9. The van der Waals surface area contributed by atoms with Crippen LogP contribution >= 0.6 is 0 Å². The predicted molar refractivity (Wildman–Crippen MR) is 255 cm³/mol. The van der Waals surface area contributed by atoms with E-state index in [4.69, 9.17) is 0 Å². The zero-order valence-electron chi connectivity index (χ0n) is 36.6. The van der Waals surface area contributed by atoms with Crippen LogP contribution in [0.3, 0.4) is 0 Å². The average molecular weight is 769 g/mol. The van der Waals surface area contributed by atoms with Crippen LogP contribution in [0.4, 0.5) is 34.1 Å². The first-order valence-electron chi connectivity index (χ1n) is 21.4. The van der Waals surface area contributed by atoms with Crippen molar-refractivity contribution < 1.29 is 0 Å². The van der Waals surface area contributed by atoms with E-state index in [2.05, 4.69) is 243 Å². The number of hydrogen-bond acceptors (Lipinski definition) is 2. The molecule has 0 saturated carbocycles. The predicted octanol–water partition coefficient (Wildman–Crippen LogP) is 13.0. The van der Waals surface area contributed by atoms with E-state index in [9.17, 15) is 0 Å². The lowest BCUT2D eigenvalue weighted by atomic mass is 9.33. The van der Waals surface area contributed by atoms with Gasteiger partial charge in [-0.15, -0.1) is 0 Å². The Bertz CT molecular complexity index is 2480. The third-order valence-corrected chi connectivity index (χ3v) is 13.4. The van der Waals surface area contributed by atoms with Gasteiger partial charge in [0.05, 0.1) is 0 Å². The summed E-state index contributed by atoms with van der Waals surface area (Å²) < 4.78 is 0. The first-order valence-corrected chi connectivity index (χ1v) is 21.4.